The van der Waals surface area contributed by atoms with E-state index in [-0.39, 0.29) is 0 Å². The van der Waals surface area contributed by atoms with E-state index in [2.05, 4.69) is 57.3 Å². The third-order valence-corrected chi connectivity index (χ3v) is 3.12. The second kappa shape index (κ2) is 6.91. The first-order valence-electron chi connectivity index (χ1n) is 6.91. The minimum absolute atomic E-state index is 0.361. The summed E-state index contributed by atoms with van der Waals surface area (Å²) in [6.45, 7) is 11.8. The predicted octanol–water partition coefficient (Wildman–Crippen LogP) is 3.31. The summed E-state index contributed by atoms with van der Waals surface area (Å²) >= 11 is 0. The van der Waals surface area contributed by atoms with Gasteiger partial charge in [-0.1, -0.05) is 52.0 Å². The molecule has 1 aromatic carbocycles. The third-order valence-electron chi connectivity index (χ3n) is 3.12. The van der Waals surface area contributed by atoms with Gasteiger partial charge in [-0.05, 0) is 28.9 Å². The maximum absolute atomic E-state index is 5.65. The highest BCUT2D eigenvalue weighted by atomic mass is 14.9. The first-order valence-corrected chi connectivity index (χ1v) is 6.91. The molecule has 0 aliphatic carbocycles. The highest BCUT2D eigenvalue weighted by Gasteiger charge is 2.18. The molecule has 0 atom stereocenters. The average molecular weight is 248 g/mol. The zero-order chi connectivity index (χ0) is 13.6. The van der Waals surface area contributed by atoms with Crippen molar-refractivity contribution in [3.8, 4) is 0 Å². The number of hydrogen-bond donors (Lipinski definition) is 2. The summed E-state index contributed by atoms with van der Waals surface area (Å²) in [5, 5.41) is 3.56. The summed E-state index contributed by atoms with van der Waals surface area (Å²) in [5.74, 6) is 0.752. The van der Waals surface area contributed by atoms with Gasteiger partial charge in [0.15, 0.2) is 0 Å². The lowest BCUT2D eigenvalue weighted by Gasteiger charge is -2.27. The van der Waals surface area contributed by atoms with Crippen molar-refractivity contribution in [1.82, 2.24) is 5.32 Å². The predicted molar refractivity (Wildman–Crippen MR) is 79.3 cm³/mol. The highest BCUT2D eigenvalue weighted by molar-refractivity contribution is 5.23. The van der Waals surface area contributed by atoms with E-state index in [9.17, 15) is 0 Å². The van der Waals surface area contributed by atoms with Gasteiger partial charge in [0.2, 0.25) is 0 Å². The van der Waals surface area contributed by atoms with Crippen LogP contribution in [0.3, 0.4) is 0 Å². The molecule has 0 unspecified atom stereocenters. The standard InChI is InChI=1S/C16H28N2/c1-13(2)9-16(3,4)12-18-11-15-7-5-6-14(8-15)10-17/h5-8,13,18H,9-12,17H2,1-4H3. The largest absolute Gasteiger partial charge is 0.326 e. The van der Waals surface area contributed by atoms with Gasteiger partial charge in [-0.3, -0.25) is 0 Å². The van der Waals surface area contributed by atoms with Gasteiger partial charge in [0.1, 0.15) is 0 Å². The molecule has 102 valence electrons. The number of nitrogens with two attached hydrogens (primary N) is 1. The van der Waals surface area contributed by atoms with E-state index in [0.717, 1.165) is 19.0 Å². The van der Waals surface area contributed by atoms with Crippen LogP contribution in [0.1, 0.15) is 45.2 Å². The molecule has 0 fully saturated rings. The smallest absolute Gasteiger partial charge is 0.0205 e. The number of benzene rings is 1. The molecule has 1 aromatic rings. The molecule has 18 heavy (non-hydrogen) atoms. The van der Waals surface area contributed by atoms with Crippen molar-refractivity contribution >= 4 is 0 Å². The molecular formula is C16H28N2. The first-order chi connectivity index (χ1) is 8.43. The van der Waals surface area contributed by atoms with Gasteiger partial charge in [0.05, 0.1) is 0 Å². The number of hydrogen-bond acceptors (Lipinski definition) is 2. The highest BCUT2D eigenvalue weighted by Crippen LogP contribution is 2.24. The molecule has 0 saturated heterocycles. The van der Waals surface area contributed by atoms with E-state index in [1.54, 1.807) is 0 Å². The third kappa shape index (κ3) is 5.65. The fourth-order valence-electron chi connectivity index (χ4n) is 2.59. The lowest BCUT2D eigenvalue weighted by atomic mass is 9.84. The van der Waals surface area contributed by atoms with Crippen LogP contribution in [0.4, 0.5) is 0 Å². The molecule has 2 heteroatoms. The topological polar surface area (TPSA) is 38.0 Å². The van der Waals surface area contributed by atoms with Gasteiger partial charge in [-0.15, -0.1) is 0 Å². The molecule has 0 spiro atoms. The van der Waals surface area contributed by atoms with Crippen molar-refractivity contribution < 1.29 is 0 Å². The van der Waals surface area contributed by atoms with Crippen molar-refractivity contribution in [1.29, 1.82) is 0 Å². The summed E-state index contributed by atoms with van der Waals surface area (Å²) in [4.78, 5) is 0. The fraction of sp³-hybridized carbons (Fsp3) is 0.625. The van der Waals surface area contributed by atoms with Gasteiger partial charge in [-0.25, -0.2) is 0 Å². The molecule has 0 heterocycles. The van der Waals surface area contributed by atoms with Crippen LogP contribution >= 0.6 is 0 Å². The molecule has 3 N–H and O–H groups in total. The zero-order valence-electron chi connectivity index (χ0n) is 12.3. The summed E-state index contributed by atoms with van der Waals surface area (Å²) in [7, 11) is 0. The van der Waals surface area contributed by atoms with Crippen LogP contribution in [0.5, 0.6) is 0 Å². The van der Waals surface area contributed by atoms with Crippen LogP contribution in [-0.2, 0) is 13.1 Å². The number of nitrogens with one attached hydrogen (secondary N) is 1. The normalized spacial score (nSPS) is 12.1. The Kier molecular flexibility index (Phi) is 5.83. The molecule has 0 saturated carbocycles. The van der Waals surface area contributed by atoms with Gasteiger partial charge in [-0.2, -0.15) is 0 Å². The molecular weight excluding hydrogens is 220 g/mol. The van der Waals surface area contributed by atoms with E-state index in [1.165, 1.54) is 17.5 Å². The SMILES string of the molecule is CC(C)CC(C)(C)CNCc1cccc(CN)c1. The molecule has 0 amide bonds. The van der Waals surface area contributed by atoms with Gasteiger partial charge < -0.3 is 11.1 Å². The van der Waals surface area contributed by atoms with Gasteiger partial charge in [0.25, 0.3) is 0 Å². The monoisotopic (exact) mass is 248 g/mol. The Morgan fingerprint density at radius 3 is 2.50 bits per heavy atom. The second-order valence-electron chi connectivity index (χ2n) is 6.39. The van der Waals surface area contributed by atoms with E-state index in [0.29, 0.717) is 12.0 Å². The summed E-state index contributed by atoms with van der Waals surface area (Å²) in [5.41, 5.74) is 8.53. The lowest BCUT2D eigenvalue weighted by molar-refractivity contribution is 0.273. The molecule has 2 nitrogen and oxygen atoms in total. The van der Waals surface area contributed by atoms with Crippen LogP contribution < -0.4 is 11.1 Å². The summed E-state index contributed by atoms with van der Waals surface area (Å²) in [6.07, 6.45) is 1.25. The molecule has 0 aliphatic heterocycles. The summed E-state index contributed by atoms with van der Waals surface area (Å²) in [6, 6.07) is 8.49. The van der Waals surface area contributed by atoms with Gasteiger partial charge in [0, 0.05) is 19.6 Å². The van der Waals surface area contributed by atoms with Crippen LogP contribution in [0.2, 0.25) is 0 Å². The average Bonchev–Trinajstić information content (AvgIpc) is 2.27. The lowest BCUT2D eigenvalue weighted by Crippen LogP contribution is -2.30. The van der Waals surface area contributed by atoms with Crippen molar-refractivity contribution in [2.45, 2.75) is 47.2 Å². The summed E-state index contributed by atoms with van der Waals surface area (Å²) < 4.78 is 0. The van der Waals surface area contributed by atoms with Crippen molar-refractivity contribution in [3.05, 3.63) is 35.4 Å². The van der Waals surface area contributed by atoms with Crippen LogP contribution in [0.15, 0.2) is 24.3 Å². The quantitative estimate of drug-likeness (QED) is 0.777. The Balaban J connectivity index is 2.41. The van der Waals surface area contributed by atoms with E-state index < -0.39 is 0 Å². The second-order valence-corrected chi connectivity index (χ2v) is 6.39. The Morgan fingerprint density at radius 2 is 1.89 bits per heavy atom. The maximum atomic E-state index is 5.65. The van der Waals surface area contributed by atoms with E-state index in [1.807, 2.05) is 0 Å². The van der Waals surface area contributed by atoms with Gasteiger partial charge >= 0.3 is 0 Å². The minimum Gasteiger partial charge on any atom is -0.326 e. The van der Waals surface area contributed by atoms with Crippen molar-refractivity contribution in [2.75, 3.05) is 6.54 Å². The Bertz CT molecular complexity index is 356. The Morgan fingerprint density at radius 1 is 1.22 bits per heavy atom. The van der Waals surface area contributed by atoms with Crippen molar-refractivity contribution in [2.24, 2.45) is 17.1 Å². The van der Waals surface area contributed by atoms with E-state index in [4.69, 9.17) is 5.73 Å². The fourth-order valence-corrected chi connectivity index (χ4v) is 2.59. The molecule has 0 aromatic heterocycles. The number of rotatable bonds is 7. The molecule has 1 rings (SSSR count). The first kappa shape index (κ1) is 15.2. The van der Waals surface area contributed by atoms with E-state index >= 15 is 0 Å². The molecule has 0 aliphatic rings. The molecule has 0 radical (unpaired) electrons. The minimum atomic E-state index is 0.361. The van der Waals surface area contributed by atoms with Crippen molar-refractivity contribution in [3.63, 3.8) is 0 Å². The van der Waals surface area contributed by atoms with Crippen LogP contribution in [0, 0.1) is 11.3 Å². The Labute approximate surface area is 112 Å². The molecule has 0 bridgehead atoms. The maximum Gasteiger partial charge on any atom is 0.0205 e. The van der Waals surface area contributed by atoms with Crippen LogP contribution in [-0.4, -0.2) is 6.54 Å². The van der Waals surface area contributed by atoms with Crippen LogP contribution in [0.25, 0.3) is 0 Å². The Hall–Kier alpha value is -0.860. The zero-order valence-corrected chi connectivity index (χ0v) is 12.3.